The first kappa shape index (κ1) is 14.9. The summed E-state index contributed by atoms with van der Waals surface area (Å²) in [5.74, 6) is 0. The SMILES string of the molecule is CCNCCOCCOCCN1CC(NC)C1. The largest absolute Gasteiger partial charge is 0.378 e. The average Bonchev–Trinajstić information content (AvgIpc) is 2.29. The van der Waals surface area contributed by atoms with Crippen molar-refractivity contribution in [2.24, 2.45) is 0 Å². The summed E-state index contributed by atoms with van der Waals surface area (Å²) in [5, 5.41) is 6.47. The Morgan fingerprint density at radius 2 is 1.82 bits per heavy atom. The molecule has 1 saturated heterocycles. The highest BCUT2D eigenvalue weighted by atomic mass is 16.5. The van der Waals surface area contributed by atoms with Gasteiger partial charge in [-0.2, -0.15) is 0 Å². The van der Waals surface area contributed by atoms with Crippen molar-refractivity contribution < 1.29 is 9.47 Å². The molecule has 0 spiro atoms. The van der Waals surface area contributed by atoms with E-state index in [1.54, 1.807) is 0 Å². The maximum Gasteiger partial charge on any atom is 0.0701 e. The zero-order valence-corrected chi connectivity index (χ0v) is 11.2. The quantitative estimate of drug-likeness (QED) is 0.482. The Hall–Kier alpha value is -0.200. The fourth-order valence-corrected chi connectivity index (χ4v) is 1.77. The highest BCUT2D eigenvalue weighted by molar-refractivity contribution is 4.84. The molecule has 0 aliphatic carbocycles. The first-order valence-corrected chi connectivity index (χ1v) is 6.62. The molecule has 1 rings (SSSR count). The standard InChI is InChI=1S/C12H27N3O2/c1-3-14-4-6-16-8-9-17-7-5-15-10-12(11-15)13-2/h12-14H,3-11H2,1-2H3. The van der Waals surface area contributed by atoms with E-state index in [4.69, 9.17) is 9.47 Å². The van der Waals surface area contributed by atoms with Gasteiger partial charge in [0.2, 0.25) is 0 Å². The van der Waals surface area contributed by atoms with E-state index < -0.39 is 0 Å². The van der Waals surface area contributed by atoms with Crippen LogP contribution >= 0.6 is 0 Å². The molecule has 102 valence electrons. The van der Waals surface area contributed by atoms with Gasteiger partial charge in [0.25, 0.3) is 0 Å². The topological polar surface area (TPSA) is 45.8 Å². The molecule has 0 amide bonds. The molecule has 5 heteroatoms. The predicted molar refractivity (Wildman–Crippen MR) is 69.5 cm³/mol. The molecule has 5 nitrogen and oxygen atoms in total. The van der Waals surface area contributed by atoms with Crippen LogP contribution in [-0.2, 0) is 9.47 Å². The fourth-order valence-electron chi connectivity index (χ4n) is 1.77. The van der Waals surface area contributed by atoms with Crippen LogP contribution < -0.4 is 10.6 Å². The molecular formula is C12H27N3O2. The number of ether oxygens (including phenoxy) is 2. The average molecular weight is 245 g/mol. The minimum absolute atomic E-state index is 0.685. The third-order valence-corrected chi connectivity index (χ3v) is 2.96. The van der Waals surface area contributed by atoms with Crippen molar-refractivity contribution in [3.8, 4) is 0 Å². The van der Waals surface area contributed by atoms with Crippen molar-refractivity contribution in [1.82, 2.24) is 15.5 Å². The maximum absolute atomic E-state index is 5.51. The minimum atomic E-state index is 0.685. The Labute approximate surface area is 105 Å². The lowest BCUT2D eigenvalue weighted by atomic mass is 10.1. The summed E-state index contributed by atoms with van der Waals surface area (Å²) in [6.45, 7) is 10.4. The van der Waals surface area contributed by atoms with E-state index in [1.807, 2.05) is 7.05 Å². The molecule has 0 bridgehead atoms. The summed E-state index contributed by atoms with van der Waals surface area (Å²) in [7, 11) is 2.02. The Bertz CT molecular complexity index is 175. The predicted octanol–water partition coefficient (Wildman–Crippen LogP) is -0.467. The number of rotatable bonds is 11. The highest BCUT2D eigenvalue weighted by Gasteiger charge is 2.23. The lowest BCUT2D eigenvalue weighted by Crippen LogP contribution is -2.57. The minimum Gasteiger partial charge on any atom is -0.378 e. The maximum atomic E-state index is 5.51. The van der Waals surface area contributed by atoms with Gasteiger partial charge in [0, 0.05) is 32.2 Å². The van der Waals surface area contributed by atoms with Crippen LogP contribution in [0, 0.1) is 0 Å². The van der Waals surface area contributed by atoms with Crippen LogP contribution in [0.15, 0.2) is 0 Å². The van der Waals surface area contributed by atoms with E-state index in [-0.39, 0.29) is 0 Å². The van der Waals surface area contributed by atoms with Crippen LogP contribution in [0.3, 0.4) is 0 Å². The number of nitrogens with one attached hydrogen (secondary N) is 2. The molecule has 2 N–H and O–H groups in total. The van der Waals surface area contributed by atoms with E-state index in [9.17, 15) is 0 Å². The van der Waals surface area contributed by atoms with Gasteiger partial charge in [-0.25, -0.2) is 0 Å². The Morgan fingerprint density at radius 1 is 1.12 bits per heavy atom. The normalized spacial score (nSPS) is 17.3. The third-order valence-electron chi connectivity index (χ3n) is 2.96. The van der Waals surface area contributed by atoms with Gasteiger partial charge in [0.1, 0.15) is 0 Å². The van der Waals surface area contributed by atoms with E-state index in [0.717, 1.165) is 45.9 Å². The molecule has 0 aromatic carbocycles. The van der Waals surface area contributed by atoms with E-state index in [2.05, 4.69) is 22.5 Å². The lowest BCUT2D eigenvalue weighted by molar-refractivity contribution is 0.0264. The summed E-state index contributed by atoms with van der Waals surface area (Å²) in [6, 6.07) is 0.685. The highest BCUT2D eigenvalue weighted by Crippen LogP contribution is 2.05. The monoisotopic (exact) mass is 245 g/mol. The van der Waals surface area contributed by atoms with Crippen molar-refractivity contribution in [2.45, 2.75) is 13.0 Å². The van der Waals surface area contributed by atoms with Gasteiger partial charge >= 0.3 is 0 Å². The van der Waals surface area contributed by atoms with Crippen LogP contribution in [0.5, 0.6) is 0 Å². The molecule has 17 heavy (non-hydrogen) atoms. The molecular weight excluding hydrogens is 218 g/mol. The van der Waals surface area contributed by atoms with Crippen LogP contribution in [0.25, 0.3) is 0 Å². The summed E-state index contributed by atoms with van der Waals surface area (Å²) < 4.78 is 10.9. The van der Waals surface area contributed by atoms with Gasteiger partial charge in [-0.05, 0) is 13.6 Å². The van der Waals surface area contributed by atoms with Crippen molar-refractivity contribution in [2.75, 3.05) is 66.2 Å². The molecule has 0 atom stereocenters. The smallest absolute Gasteiger partial charge is 0.0701 e. The van der Waals surface area contributed by atoms with Crippen LogP contribution in [0.1, 0.15) is 6.92 Å². The molecule has 1 aliphatic rings. The summed E-state index contributed by atoms with van der Waals surface area (Å²) in [5.41, 5.74) is 0. The number of nitrogens with zero attached hydrogens (tertiary/aromatic N) is 1. The molecule has 0 radical (unpaired) electrons. The van der Waals surface area contributed by atoms with Crippen molar-refractivity contribution in [3.05, 3.63) is 0 Å². The number of likely N-dealkylation sites (N-methyl/N-ethyl adjacent to an activating group) is 2. The third kappa shape index (κ3) is 6.95. The Balaban J connectivity index is 1.71. The molecule has 1 aliphatic heterocycles. The zero-order valence-electron chi connectivity index (χ0n) is 11.2. The molecule has 0 aromatic rings. The van der Waals surface area contributed by atoms with Crippen LogP contribution in [0.4, 0.5) is 0 Å². The van der Waals surface area contributed by atoms with Crippen molar-refractivity contribution in [3.63, 3.8) is 0 Å². The van der Waals surface area contributed by atoms with E-state index >= 15 is 0 Å². The molecule has 1 heterocycles. The van der Waals surface area contributed by atoms with E-state index in [0.29, 0.717) is 19.3 Å². The Morgan fingerprint density at radius 3 is 2.47 bits per heavy atom. The lowest BCUT2D eigenvalue weighted by Gasteiger charge is -2.38. The Kier molecular flexibility index (Phi) is 8.56. The second-order valence-electron chi connectivity index (χ2n) is 4.32. The second-order valence-corrected chi connectivity index (χ2v) is 4.32. The van der Waals surface area contributed by atoms with Crippen LogP contribution in [-0.4, -0.2) is 77.1 Å². The first-order chi connectivity index (χ1) is 8.36. The molecule has 0 unspecified atom stereocenters. The number of hydrogen-bond acceptors (Lipinski definition) is 5. The van der Waals surface area contributed by atoms with Gasteiger partial charge in [-0.15, -0.1) is 0 Å². The van der Waals surface area contributed by atoms with Gasteiger partial charge in [0.15, 0.2) is 0 Å². The number of hydrogen-bond donors (Lipinski definition) is 2. The van der Waals surface area contributed by atoms with Gasteiger partial charge < -0.3 is 20.1 Å². The second kappa shape index (κ2) is 9.79. The van der Waals surface area contributed by atoms with Crippen molar-refractivity contribution in [1.29, 1.82) is 0 Å². The van der Waals surface area contributed by atoms with Crippen LogP contribution in [0.2, 0.25) is 0 Å². The molecule has 0 aromatic heterocycles. The number of likely N-dealkylation sites (tertiary alicyclic amines) is 1. The molecule has 0 saturated carbocycles. The van der Waals surface area contributed by atoms with Gasteiger partial charge in [0.05, 0.1) is 26.4 Å². The molecule has 1 fully saturated rings. The van der Waals surface area contributed by atoms with Crippen molar-refractivity contribution >= 4 is 0 Å². The van der Waals surface area contributed by atoms with Gasteiger partial charge in [-0.1, -0.05) is 6.92 Å². The van der Waals surface area contributed by atoms with E-state index in [1.165, 1.54) is 0 Å². The first-order valence-electron chi connectivity index (χ1n) is 6.62. The summed E-state index contributed by atoms with van der Waals surface area (Å²) in [6.07, 6.45) is 0. The summed E-state index contributed by atoms with van der Waals surface area (Å²) >= 11 is 0. The zero-order chi connectivity index (χ0) is 12.3. The fraction of sp³-hybridized carbons (Fsp3) is 1.00. The van der Waals surface area contributed by atoms with Gasteiger partial charge in [-0.3, -0.25) is 4.90 Å². The summed E-state index contributed by atoms with van der Waals surface area (Å²) in [4.78, 5) is 2.40.